The summed E-state index contributed by atoms with van der Waals surface area (Å²) in [6, 6.07) is -2.64. The molecule has 6 unspecified atom stereocenters. The molecular formula is C23H35N4O12Y-. The van der Waals surface area contributed by atoms with Gasteiger partial charge in [-0.25, -0.2) is 4.79 Å². The molecular weight excluding hydrogens is 613 g/mol. The summed E-state index contributed by atoms with van der Waals surface area (Å²) in [5.41, 5.74) is 5.64. The fourth-order valence-electron chi connectivity index (χ4n) is 3.96. The molecule has 0 spiro atoms. The summed E-state index contributed by atoms with van der Waals surface area (Å²) in [6.07, 6.45) is -4.14. The molecule has 0 saturated carbocycles. The fourth-order valence-corrected chi connectivity index (χ4v) is 3.96. The van der Waals surface area contributed by atoms with Gasteiger partial charge in [0.2, 0.25) is 11.8 Å². The number of amides is 4. The van der Waals surface area contributed by atoms with Crippen LogP contribution >= 0.6 is 0 Å². The quantitative estimate of drug-likeness (QED) is 0.0987. The Balaban J connectivity index is 0.00000800. The molecule has 223 valence electrons. The predicted molar refractivity (Wildman–Crippen MR) is 128 cm³/mol. The molecule has 1 radical (unpaired) electrons. The van der Waals surface area contributed by atoms with Crippen LogP contribution in [0.1, 0.15) is 52.4 Å². The van der Waals surface area contributed by atoms with Crippen molar-refractivity contribution in [1.29, 1.82) is 0 Å². The molecule has 2 aliphatic rings. The van der Waals surface area contributed by atoms with Crippen LogP contribution in [0, 0.1) is 0 Å². The molecule has 2 saturated heterocycles. The SMILES string of the molecule is COC(=O)C([NH-])CC(=O)NCC1OC(OCCCCC(=O)ON2C(=O)CCC2=O)C(NC(C)=O)C(C)(O)C1O.[Y]. The predicted octanol–water partition coefficient (Wildman–Crippen LogP) is -1.78. The Kier molecular flexibility index (Phi) is 14.7. The minimum atomic E-state index is -1.95. The van der Waals surface area contributed by atoms with Gasteiger partial charge in [-0.3, -0.25) is 24.0 Å². The van der Waals surface area contributed by atoms with E-state index in [1.54, 1.807) is 0 Å². The third-order valence-corrected chi connectivity index (χ3v) is 6.15. The van der Waals surface area contributed by atoms with Crippen LogP contribution in [0.5, 0.6) is 0 Å². The van der Waals surface area contributed by atoms with Crippen molar-refractivity contribution in [3.8, 4) is 0 Å². The van der Waals surface area contributed by atoms with Crippen molar-refractivity contribution in [3.05, 3.63) is 5.73 Å². The van der Waals surface area contributed by atoms with Crippen LogP contribution in [-0.2, 0) is 80.5 Å². The molecule has 16 nitrogen and oxygen atoms in total. The van der Waals surface area contributed by atoms with Gasteiger partial charge in [0.05, 0.1) is 7.11 Å². The molecule has 0 aromatic heterocycles. The summed E-state index contributed by atoms with van der Waals surface area (Å²) in [5, 5.41) is 27.1. The molecule has 6 atom stereocenters. The van der Waals surface area contributed by atoms with Crippen molar-refractivity contribution >= 4 is 35.6 Å². The van der Waals surface area contributed by atoms with E-state index in [9.17, 15) is 39.0 Å². The second-order valence-electron chi connectivity index (χ2n) is 9.35. The Morgan fingerprint density at radius 3 is 2.40 bits per heavy atom. The maximum atomic E-state index is 12.1. The number of nitrogens with zero attached hydrogens (tertiary/aromatic N) is 1. The minimum Gasteiger partial charge on any atom is -0.665 e. The zero-order chi connectivity index (χ0) is 29.3. The molecule has 0 aromatic carbocycles. The van der Waals surface area contributed by atoms with E-state index >= 15 is 0 Å². The van der Waals surface area contributed by atoms with Crippen LogP contribution in [0.4, 0.5) is 0 Å². The number of hydrogen-bond donors (Lipinski definition) is 4. The number of esters is 1. The van der Waals surface area contributed by atoms with Gasteiger partial charge >= 0.3 is 5.97 Å². The van der Waals surface area contributed by atoms with E-state index in [-0.39, 0.29) is 78.0 Å². The second-order valence-corrected chi connectivity index (χ2v) is 9.35. The first-order chi connectivity index (χ1) is 18.3. The zero-order valence-corrected chi connectivity index (χ0v) is 25.4. The van der Waals surface area contributed by atoms with E-state index in [1.807, 2.05) is 0 Å². The summed E-state index contributed by atoms with van der Waals surface area (Å²) in [7, 11) is 1.09. The number of ether oxygens (including phenoxy) is 3. The maximum absolute atomic E-state index is 12.1. The maximum Gasteiger partial charge on any atom is 0.333 e. The van der Waals surface area contributed by atoms with Crippen molar-refractivity contribution in [2.45, 2.75) is 88.6 Å². The zero-order valence-electron chi connectivity index (χ0n) is 22.5. The molecule has 0 bridgehead atoms. The smallest absolute Gasteiger partial charge is 0.333 e. The van der Waals surface area contributed by atoms with E-state index in [1.165, 1.54) is 13.8 Å². The van der Waals surface area contributed by atoms with Gasteiger partial charge < -0.3 is 45.6 Å². The molecule has 17 heteroatoms. The summed E-state index contributed by atoms with van der Waals surface area (Å²) < 4.78 is 15.8. The number of hydroxylamine groups is 2. The fraction of sp³-hybridized carbons (Fsp3) is 0.739. The number of hydrogen-bond acceptors (Lipinski definition) is 12. The van der Waals surface area contributed by atoms with Gasteiger partial charge in [-0.2, -0.15) is 0 Å². The van der Waals surface area contributed by atoms with Crippen LogP contribution in [-0.4, -0.2) is 107 Å². The van der Waals surface area contributed by atoms with E-state index < -0.39 is 78.2 Å². The Morgan fingerprint density at radius 2 is 1.82 bits per heavy atom. The number of imide groups is 1. The molecule has 5 N–H and O–H groups in total. The first-order valence-electron chi connectivity index (χ1n) is 12.3. The number of rotatable bonds is 13. The number of nitrogens with one attached hydrogen (secondary N) is 3. The van der Waals surface area contributed by atoms with Crippen LogP contribution in [0.2, 0.25) is 0 Å². The average molecular weight is 648 g/mol. The van der Waals surface area contributed by atoms with Gasteiger partial charge in [-0.05, 0) is 25.8 Å². The summed E-state index contributed by atoms with van der Waals surface area (Å²) in [4.78, 5) is 75.0. The third kappa shape index (κ3) is 10.1. The molecule has 4 amide bonds. The minimum absolute atomic E-state index is 0. The summed E-state index contributed by atoms with van der Waals surface area (Å²) in [5.74, 6) is -4.06. The van der Waals surface area contributed by atoms with Crippen LogP contribution in [0.3, 0.4) is 0 Å². The van der Waals surface area contributed by atoms with Gasteiger partial charge in [0.1, 0.15) is 23.9 Å². The molecule has 2 fully saturated rings. The largest absolute Gasteiger partial charge is 0.665 e. The van der Waals surface area contributed by atoms with Crippen molar-refractivity contribution < 1.29 is 90.7 Å². The second kappa shape index (κ2) is 16.4. The van der Waals surface area contributed by atoms with Crippen molar-refractivity contribution in [2.24, 2.45) is 0 Å². The van der Waals surface area contributed by atoms with Crippen LogP contribution in [0.15, 0.2) is 0 Å². The Bertz CT molecular complexity index is 933. The van der Waals surface area contributed by atoms with E-state index in [2.05, 4.69) is 15.4 Å². The Labute approximate surface area is 255 Å². The third-order valence-electron chi connectivity index (χ3n) is 6.15. The van der Waals surface area contributed by atoms with E-state index in [0.29, 0.717) is 5.06 Å². The van der Waals surface area contributed by atoms with Gasteiger partial charge in [-0.15, -0.1) is 5.06 Å². The summed E-state index contributed by atoms with van der Waals surface area (Å²) >= 11 is 0. The topological polar surface area (TPSA) is 231 Å². The molecule has 40 heavy (non-hydrogen) atoms. The van der Waals surface area contributed by atoms with Crippen molar-refractivity contribution in [3.63, 3.8) is 0 Å². The number of aliphatic hydroxyl groups excluding tert-OH is 1. The monoisotopic (exact) mass is 648 g/mol. The van der Waals surface area contributed by atoms with Crippen LogP contribution in [0.25, 0.3) is 5.73 Å². The molecule has 0 aliphatic carbocycles. The first kappa shape index (κ1) is 36.0. The average Bonchev–Trinajstić information content (AvgIpc) is 3.18. The number of unbranched alkanes of at least 4 members (excludes halogenated alkanes) is 1. The van der Waals surface area contributed by atoms with Crippen LogP contribution < -0.4 is 10.6 Å². The van der Waals surface area contributed by atoms with Gasteiger partial charge in [-0.1, -0.05) is 0 Å². The normalized spacial score (nSPS) is 26.9. The van der Waals surface area contributed by atoms with Crippen molar-refractivity contribution in [2.75, 3.05) is 20.3 Å². The van der Waals surface area contributed by atoms with E-state index in [0.717, 1.165) is 7.11 Å². The van der Waals surface area contributed by atoms with Gasteiger partial charge in [0, 0.05) is 78.5 Å². The Hall–Kier alpha value is -2.08. The molecule has 0 aromatic rings. The molecule has 2 heterocycles. The Morgan fingerprint density at radius 1 is 1.20 bits per heavy atom. The number of methoxy groups -OCH3 is 1. The number of carbonyl (C=O) groups excluding carboxylic acids is 6. The molecule has 2 aliphatic heterocycles. The summed E-state index contributed by atoms with van der Waals surface area (Å²) in [6.45, 7) is 2.14. The standard InChI is InChI=1S/C23H35N4O12.Y/c1-12(28)26-19-22(37-9-5-4-6-18(32)39-27-16(30)7-8-17(27)31)38-14(20(33)23(19,2)35)11-25-15(29)10-13(24)21(34)36-3;/h13-14,19-20,22,24,33,35H,4-11H2,1-3H3,(H,25,29)(H,26,28);/q-1;. The first-order valence-corrected chi connectivity index (χ1v) is 12.3. The number of carbonyl (C=O) groups is 6. The van der Waals surface area contributed by atoms with Gasteiger partial charge in [0.25, 0.3) is 17.8 Å². The van der Waals surface area contributed by atoms with Gasteiger partial charge in [0.15, 0.2) is 6.29 Å². The van der Waals surface area contributed by atoms with E-state index in [4.69, 9.17) is 20.0 Å². The van der Waals surface area contributed by atoms with Crippen molar-refractivity contribution in [1.82, 2.24) is 15.7 Å². The molecule has 2 rings (SSSR count). The number of aliphatic hydroxyl groups is 2.